The Hall–Kier alpha value is -3.02. The van der Waals surface area contributed by atoms with Gasteiger partial charge in [-0.05, 0) is 62.1 Å². The van der Waals surface area contributed by atoms with Crippen LogP contribution in [-0.4, -0.2) is 23.3 Å². The third-order valence-corrected chi connectivity index (χ3v) is 4.41. The van der Waals surface area contributed by atoms with Gasteiger partial charge in [0.25, 0.3) is 5.69 Å². The van der Waals surface area contributed by atoms with Crippen LogP contribution < -0.4 is 0 Å². The standard InChI is InChI=1S/C19H19NO5/c1-11-8-17(14(4)13(3)12(11)2)18(21)10-25-19(22)15-6-5-7-16(9-15)20(23)24/h5-9H,10H2,1-4H3. The van der Waals surface area contributed by atoms with Gasteiger partial charge in [0, 0.05) is 17.7 Å². The molecule has 0 unspecified atom stereocenters. The molecule has 0 aliphatic rings. The fourth-order valence-corrected chi connectivity index (χ4v) is 2.54. The number of ether oxygens (including phenoxy) is 1. The molecule has 0 saturated carbocycles. The summed E-state index contributed by atoms with van der Waals surface area (Å²) in [7, 11) is 0. The van der Waals surface area contributed by atoms with E-state index in [-0.39, 0.29) is 17.0 Å². The Morgan fingerprint density at radius 3 is 2.36 bits per heavy atom. The summed E-state index contributed by atoms with van der Waals surface area (Å²) in [5.74, 6) is -1.07. The molecular weight excluding hydrogens is 322 g/mol. The van der Waals surface area contributed by atoms with Gasteiger partial charge in [-0.2, -0.15) is 0 Å². The number of non-ortho nitro benzene ring substituents is 1. The minimum absolute atomic E-state index is 0.0370. The highest BCUT2D eigenvalue weighted by molar-refractivity contribution is 6.01. The Labute approximate surface area is 145 Å². The third kappa shape index (κ3) is 3.91. The zero-order valence-electron chi connectivity index (χ0n) is 14.6. The molecule has 0 atom stereocenters. The van der Waals surface area contributed by atoms with Crippen molar-refractivity contribution in [2.45, 2.75) is 27.7 Å². The van der Waals surface area contributed by atoms with Crippen LogP contribution in [-0.2, 0) is 4.74 Å². The highest BCUT2D eigenvalue weighted by atomic mass is 16.6. The maximum Gasteiger partial charge on any atom is 0.338 e. The first-order chi connectivity index (χ1) is 11.7. The van der Waals surface area contributed by atoms with E-state index in [2.05, 4.69) is 0 Å². The molecule has 0 aromatic heterocycles. The predicted molar refractivity (Wildman–Crippen MR) is 93.1 cm³/mol. The van der Waals surface area contributed by atoms with Gasteiger partial charge in [0.05, 0.1) is 10.5 Å². The smallest absolute Gasteiger partial charge is 0.338 e. The molecule has 0 saturated heterocycles. The van der Waals surface area contributed by atoms with Crippen molar-refractivity contribution in [3.05, 3.63) is 73.8 Å². The molecule has 0 N–H and O–H groups in total. The number of ketones is 1. The summed E-state index contributed by atoms with van der Waals surface area (Å²) < 4.78 is 5.03. The molecule has 25 heavy (non-hydrogen) atoms. The number of Topliss-reactive ketones (excluding diaryl/α,β-unsaturated/α-hetero) is 1. The van der Waals surface area contributed by atoms with Crippen molar-refractivity contribution in [3.63, 3.8) is 0 Å². The van der Waals surface area contributed by atoms with Crippen LogP contribution in [0.1, 0.15) is 43.0 Å². The van der Waals surface area contributed by atoms with Gasteiger partial charge in [-0.3, -0.25) is 14.9 Å². The molecule has 0 heterocycles. The fraction of sp³-hybridized carbons (Fsp3) is 0.263. The molecule has 2 aromatic carbocycles. The van der Waals surface area contributed by atoms with Crippen molar-refractivity contribution in [2.75, 3.05) is 6.61 Å². The molecule has 0 fully saturated rings. The molecule has 0 amide bonds. The highest BCUT2D eigenvalue weighted by Gasteiger charge is 2.17. The zero-order chi connectivity index (χ0) is 18.7. The van der Waals surface area contributed by atoms with E-state index in [1.54, 1.807) is 6.07 Å². The number of nitro groups is 1. The lowest BCUT2D eigenvalue weighted by molar-refractivity contribution is -0.384. The van der Waals surface area contributed by atoms with Gasteiger partial charge < -0.3 is 4.74 Å². The summed E-state index contributed by atoms with van der Waals surface area (Å²) in [6, 6.07) is 7.00. The van der Waals surface area contributed by atoms with E-state index in [9.17, 15) is 19.7 Å². The van der Waals surface area contributed by atoms with Crippen molar-refractivity contribution in [3.8, 4) is 0 Å². The Balaban J connectivity index is 2.14. The number of esters is 1. The normalized spacial score (nSPS) is 10.4. The van der Waals surface area contributed by atoms with Crippen molar-refractivity contribution < 1.29 is 19.2 Å². The molecule has 2 aromatic rings. The maximum absolute atomic E-state index is 12.4. The van der Waals surface area contributed by atoms with E-state index < -0.39 is 17.5 Å². The number of hydrogen-bond donors (Lipinski definition) is 0. The number of nitrogens with zero attached hydrogens (tertiary/aromatic N) is 1. The lowest BCUT2D eigenvalue weighted by atomic mass is 9.93. The number of rotatable bonds is 5. The fourth-order valence-electron chi connectivity index (χ4n) is 2.54. The second-order valence-corrected chi connectivity index (χ2v) is 5.92. The lowest BCUT2D eigenvalue weighted by Crippen LogP contribution is -2.16. The average molecular weight is 341 g/mol. The zero-order valence-corrected chi connectivity index (χ0v) is 14.6. The summed E-state index contributed by atoms with van der Waals surface area (Å²) in [5.41, 5.74) is 4.37. The Bertz CT molecular complexity index is 870. The van der Waals surface area contributed by atoms with E-state index in [4.69, 9.17) is 4.74 Å². The highest BCUT2D eigenvalue weighted by Crippen LogP contribution is 2.22. The van der Waals surface area contributed by atoms with E-state index >= 15 is 0 Å². The minimum atomic E-state index is -0.768. The van der Waals surface area contributed by atoms with Crippen molar-refractivity contribution in [1.29, 1.82) is 0 Å². The number of hydrogen-bond acceptors (Lipinski definition) is 5. The van der Waals surface area contributed by atoms with Gasteiger partial charge >= 0.3 is 5.97 Å². The molecule has 0 bridgehead atoms. The summed E-state index contributed by atoms with van der Waals surface area (Å²) >= 11 is 0. The van der Waals surface area contributed by atoms with Crippen LogP contribution in [0.25, 0.3) is 0 Å². The quantitative estimate of drug-likeness (QED) is 0.357. The number of nitro benzene ring substituents is 1. The number of benzene rings is 2. The molecule has 2 rings (SSSR count). The van der Waals surface area contributed by atoms with E-state index in [1.165, 1.54) is 18.2 Å². The van der Waals surface area contributed by atoms with Gasteiger partial charge in [-0.1, -0.05) is 6.07 Å². The van der Waals surface area contributed by atoms with Crippen molar-refractivity contribution in [2.24, 2.45) is 0 Å². The van der Waals surface area contributed by atoms with E-state index in [0.717, 1.165) is 28.3 Å². The monoisotopic (exact) mass is 341 g/mol. The van der Waals surface area contributed by atoms with Crippen molar-refractivity contribution >= 4 is 17.4 Å². The van der Waals surface area contributed by atoms with Crippen LogP contribution in [0.3, 0.4) is 0 Å². The Morgan fingerprint density at radius 1 is 1.04 bits per heavy atom. The van der Waals surface area contributed by atoms with Gasteiger partial charge in [-0.25, -0.2) is 4.79 Å². The van der Waals surface area contributed by atoms with Gasteiger partial charge in [0.1, 0.15) is 0 Å². The topological polar surface area (TPSA) is 86.5 Å². The Morgan fingerprint density at radius 2 is 1.72 bits per heavy atom. The first-order valence-corrected chi connectivity index (χ1v) is 7.74. The third-order valence-electron chi connectivity index (χ3n) is 4.41. The van der Waals surface area contributed by atoms with Gasteiger partial charge in [0.15, 0.2) is 6.61 Å². The molecule has 6 nitrogen and oxygen atoms in total. The molecule has 0 aliphatic carbocycles. The summed E-state index contributed by atoms with van der Waals surface area (Å²) in [4.78, 5) is 34.6. The predicted octanol–water partition coefficient (Wildman–Crippen LogP) is 3.87. The second-order valence-electron chi connectivity index (χ2n) is 5.92. The summed E-state index contributed by atoms with van der Waals surface area (Å²) in [6.45, 7) is 7.31. The first-order valence-electron chi connectivity index (χ1n) is 7.74. The van der Waals surface area contributed by atoms with Crippen molar-refractivity contribution in [1.82, 2.24) is 0 Å². The average Bonchev–Trinajstić information content (AvgIpc) is 2.60. The summed E-state index contributed by atoms with van der Waals surface area (Å²) in [6.07, 6.45) is 0. The number of carbonyl (C=O) groups excluding carboxylic acids is 2. The van der Waals surface area contributed by atoms with Crippen LogP contribution in [0.2, 0.25) is 0 Å². The van der Waals surface area contributed by atoms with Crippen LogP contribution in [0.15, 0.2) is 30.3 Å². The minimum Gasteiger partial charge on any atom is -0.454 e. The second kappa shape index (κ2) is 7.25. The molecule has 0 radical (unpaired) electrons. The SMILES string of the molecule is Cc1cc(C(=O)COC(=O)c2cccc([N+](=O)[O-])c2)c(C)c(C)c1C. The van der Waals surface area contributed by atoms with Crippen LogP contribution in [0.4, 0.5) is 5.69 Å². The molecule has 0 aliphatic heterocycles. The van der Waals surface area contributed by atoms with Crippen LogP contribution in [0, 0.1) is 37.8 Å². The molecule has 6 heteroatoms. The first kappa shape index (κ1) is 18.3. The maximum atomic E-state index is 12.4. The molecule has 130 valence electrons. The Kier molecular flexibility index (Phi) is 5.32. The van der Waals surface area contributed by atoms with Gasteiger partial charge in [-0.15, -0.1) is 0 Å². The van der Waals surface area contributed by atoms with E-state index in [1.807, 2.05) is 27.7 Å². The van der Waals surface area contributed by atoms with E-state index in [0.29, 0.717) is 5.56 Å². The molecule has 0 spiro atoms. The van der Waals surface area contributed by atoms with Crippen LogP contribution in [0.5, 0.6) is 0 Å². The number of aryl methyl sites for hydroxylation is 1. The summed E-state index contributed by atoms with van der Waals surface area (Å²) in [5, 5.41) is 10.8. The van der Waals surface area contributed by atoms with Gasteiger partial charge in [0.2, 0.25) is 5.78 Å². The lowest BCUT2D eigenvalue weighted by Gasteiger charge is -2.13. The van der Waals surface area contributed by atoms with Crippen LogP contribution >= 0.6 is 0 Å². The largest absolute Gasteiger partial charge is 0.454 e. The molecular formula is C19H19NO5. The number of carbonyl (C=O) groups is 2.